The van der Waals surface area contributed by atoms with Crippen LogP contribution in [-0.2, 0) is 14.3 Å². The number of ether oxygens (including phenoxy) is 1. The van der Waals surface area contributed by atoms with Gasteiger partial charge in [-0.3, -0.25) is 9.59 Å². The summed E-state index contributed by atoms with van der Waals surface area (Å²) in [7, 11) is 1.43. The van der Waals surface area contributed by atoms with Gasteiger partial charge in [0, 0.05) is 37.6 Å². The van der Waals surface area contributed by atoms with Crippen LogP contribution in [0.25, 0.3) is 0 Å². The van der Waals surface area contributed by atoms with E-state index in [1.54, 1.807) is 0 Å². The maximum Gasteiger partial charge on any atom is 0.313 e. The summed E-state index contributed by atoms with van der Waals surface area (Å²) in [4.78, 5) is 25.9. The van der Waals surface area contributed by atoms with Crippen LogP contribution in [0, 0.1) is 23.0 Å². The molecule has 1 aromatic carbocycles. The smallest absolute Gasteiger partial charge is 0.313 e. The number of amides is 1. The number of carbonyl (C=O) groups is 2. The standard InChI is InChI=1S/C18H21F2NO4/c1-25-10-18(17(23)24)6-3-7-21(9-18)16(22)12-8-11(12)15-13(19)4-2-5-14(15)20/h2,4-5,11-12H,3,6-10H2,1H3,(H,23,24). The number of carbonyl (C=O) groups excluding carboxylic acids is 1. The first-order valence-corrected chi connectivity index (χ1v) is 8.34. The molecule has 3 unspecified atom stereocenters. The molecule has 1 saturated heterocycles. The van der Waals surface area contributed by atoms with E-state index in [0.717, 1.165) is 0 Å². The molecule has 1 N–H and O–H groups in total. The van der Waals surface area contributed by atoms with Crippen molar-refractivity contribution in [2.24, 2.45) is 11.3 Å². The molecule has 1 aliphatic heterocycles. The van der Waals surface area contributed by atoms with Crippen LogP contribution in [0.15, 0.2) is 18.2 Å². The lowest BCUT2D eigenvalue weighted by molar-refractivity contribution is -0.159. The van der Waals surface area contributed by atoms with Gasteiger partial charge in [0.05, 0.1) is 6.61 Å². The molecule has 0 spiro atoms. The molecular weight excluding hydrogens is 332 g/mol. The highest BCUT2D eigenvalue weighted by molar-refractivity contribution is 5.84. The van der Waals surface area contributed by atoms with Gasteiger partial charge < -0.3 is 14.7 Å². The maximum absolute atomic E-state index is 13.9. The van der Waals surface area contributed by atoms with Gasteiger partial charge in [-0.1, -0.05) is 6.07 Å². The van der Waals surface area contributed by atoms with Crippen LogP contribution >= 0.6 is 0 Å². The zero-order valence-electron chi connectivity index (χ0n) is 14.0. The first-order valence-electron chi connectivity index (χ1n) is 8.34. The van der Waals surface area contributed by atoms with E-state index < -0.39 is 34.9 Å². The molecule has 136 valence electrons. The average Bonchev–Trinajstić information content (AvgIpc) is 3.34. The highest BCUT2D eigenvalue weighted by Gasteiger charge is 2.51. The lowest BCUT2D eigenvalue weighted by Gasteiger charge is -2.39. The van der Waals surface area contributed by atoms with Crippen LogP contribution in [0.4, 0.5) is 8.78 Å². The molecule has 1 aliphatic carbocycles. The molecule has 2 fully saturated rings. The van der Waals surface area contributed by atoms with Crippen LogP contribution in [-0.4, -0.2) is 48.7 Å². The fourth-order valence-electron chi connectivity index (χ4n) is 3.84. The van der Waals surface area contributed by atoms with Crippen molar-refractivity contribution < 1.29 is 28.2 Å². The Morgan fingerprint density at radius 2 is 2.04 bits per heavy atom. The van der Waals surface area contributed by atoms with Gasteiger partial charge >= 0.3 is 5.97 Å². The van der Waals surface area contributed by atoms with Gasteiger partial charge in [0.2, 0.25) is 5.91 Å². The molecular formula is C18H21F2NO4. The highest BCUT2D eigenvalue weighted by Crippen LogP contribution is 2.50. The van der Waals surface area contributed by atoms with Crippen molar-refractivity contribution in [3.05, 3.63) is 35.4 Å². The number of aliphatic carboxylic acids is 1. The minimum Gasteiger partial charge on any atom is -0.481 e. The molecule has 1 amide bonds. The second-order valence-corrected chi connectivity index (χ2v) is 6.97. The Morgan fingerprint density at radius 1 is 1.36 bits per heavy atom. The molecule has 2 aliphatic rings. The van der Waals surface area contributed by atoms with Gasteiger partial charge in [-0.05, 0) is 31.4 Å². The van der Waals surface area contributed by atoms with Gasteiger partial charge in [0.1, 0.15) is 17.0 Å². The minimum atomic E-state index is -1.11. The summed E-state index contributed by atoms with van der Waals surface area (Å²) < 4.78 is 32.8. The van der Waals surface area contributed by atoms with E-state index in [1.807, 2.05) is 0 Å². The average molecular weight is 353 g/mol. The number of halogens is 2. The van der Waals surface area contributed by atoms with Crippen LogP contribution in [0.1, 0.15) is 30.7 Å². The quantitative estimate of drug-likeness (QED) is 0.883. The summed E-state index contributed by atoms with van der Waals surface area (Å²) in [6.07, 6.45) is 1.39. The van der Waals surface area contributed by atoms with Crippen molar-refractivity contribution in [3.8, 4) is 0 Å². The van der Waals surface area contributed by atoms with E-state index >= 15 is 0 Å². The fourth-order valence-corrected chi connectivity index (χ4v) is 3.84. The number of nitrogens with zero attached hydrogens (tertiary/aromatic N) is 1. The third kappa shape index (κ3) is 3.25. The first-order chi connectivity index (χ1) is 11.9. The van der Waals surface area contributed by atoms with Gasteiger partial charge in [0.15, 0.2) is 0 Å². The van der Waals surface area contributed by atoms with Crippen molar-refractivity contribution >= 4 is 11.9 Å². The van der Waals surface area contributed by atoms with Crippen LogP contribution < -0.4 is 0 Å². The van der Waals surface area contributed by atoms with E-state index in [9.17, 15) is 23.5 Å². The molecule has 0 aromatic heterocycles. The van der Waals surface area contributed by atoms with Crippen molar-refractivity contribution in [3.63, 3.8) is 0 Å². The number of benzene rings is 1. The molecule has 5 nitrogen and oxygen atoms in total. The van der Waals surface area contributed by atoms with Crippen molar-refractivity contribution in [1.29, 1.82) is 0 Å². The zero-order chi connectivity index (χ0) is 18.2. The Morgan fingerprint density at radius 3 is 2.64 bits per heavy atom. The molecule has 1 aromatic rings. The number of hydrogen-bond acceptors (Lipinski definition) is 3. The number of carboxylic acid groups (broad SMARTS) is 1. The number of hydrogen-bond donors (Lipinski definition) is 1. The molecule has 0 radical (unpaired) electrons. The van der Waals surface area contributed by atoms with Crippen molar-refractivity contribution in [2.75, 3.05) is 26.8 Å². The third-order valence-electron chi connectivity index (χ3n) is 5.24. The number of piperidine rings is 1. The van der Waals surface area contributed by atoms with Crippen LogP contribution in [0.3, 0.4) is 0 Å². The molecule has 25 heavy (non-hydrogen) atoms. The SMILES string of the molecule is COCC1(C(=O)O)CCCN(C(=O)C2CC2c2c(F)cccc2F)C1. The van der Waals surface area contributed by atoms with Gasteiger partial charge in [-0.25, -0.2) is 8.78 Å². The first kappa shape index (κ1) is 17.8. The molecule has 7 heteroatoms. The Balaban J connectivity index is 1.73. The summed E-state index contributed by atoms with van der Waals surface area (Å²) >= 11 is 0. The van der Waals surface area contributed by atoms with E-state index in [1.165, 1.54) is 30.2 Å². The van der Waals surface area contributed by atoms with Crippen LogP contribution in [0.5, 0.6) is 0 Å². The van der Waals surface area contributed by atoms with E-state index in [-0.39, 0.29) is 24.6 Å². The summed E-state index contributed by atoms with van der Waals surface area (Å²) in [6.45, 7) is 0.556. The topological polar surface area (TPSA) is 66.8 Å². The lowest BCUT2D eigenvalue weighted by atomic mass is 9.80. The van der Waals surface area contributed by atoms with E-state index in [0.29, 0.717) is 25.8 Å². The Kier molecular flexibility index (Phi) is 4.77. The minimum absolute atomic E-state index is 0.0299. The highest BCUT2D eigenvalue weighted by atomic mass is 19.1. The normalized spacial score (nSPS) is 28.7. The second kappa shape index (κ2) is 6.71. The largest absolute Gasteiger partial charge is 0.481 e. The summed E-state index contributed by atoms with van der Waals surface area (Å²) in [5.41, 5.74) is -1.16. The Hall–Kier alpha value is -2.02. The number of methoxy groups -OCH3 is 1. The lowest BCUT2D eigenvalue weighted by Crippen LogP contribution is -2.52. The Bertz CT molecular complexity index is 671. The second-order valence-electron chi connectivity index (χ2n) is 6.97. The molecule has 3 atom stereocenters. The summed E-state index contributed by atoms with van der Waals surface area (Å²) in [5, 5.41) is 9.56. The summed E-state index contributed by atoms with van der Waals surface area (Å²) in [6, 6.07) is 3.67. The van der Waals surface area contributed by atoms with Gasteiger partial charge in [0.25, 0.3) is 0 Å². The van der Waals surface area contributed by atoms with E-state index in [2.05, 4.69) is 0 Å². The third-order valence-corrected chi connectivity index (χ3v) is 5.24. The van der Waals surface area contributed by atoms with E-state index in [4.69, 9.17) is 4.74 Å². The maximum atomic E-state index is 13.9. The predicted octanol–water partition coefficient (Wildman–Crippen LogP) is 2.41. The van der Waals surface area contributed by atoms with Crippen LogP contribution in [0.2, 0.25) is 0 Å². The predicted molar refractivity (Wildman–Crippen MR) is 85.0 cm³/mol. The zero-order valence-corrected chi connectivity index (χ0v) is 14.0. The number of likely N-dealkylation sites (tertiary alicyclic amines) is 1. The Labute approximate surface area is 144 Å². The fraction of sp³-hybridized carbons (Fsp3) is 0.556. The molecule has 3 rings (SSSR count). The number of rotatable bonds is 5. The van der Waals surface area contributed by atoms with Gasteiger partial charge in [-0.2, -0.15) is 0 Å². The summed E-state index contributed by atoms with van der Waals surface area (Å²) in [5.74, 6) is -3.46. The molecule has 1 saturated carbocycles. The van der Waals surface area contributed by atoms with Gasteiger partial charge in [-0.15, -0.1) is 0 Å². The molecule has 1 heterocycles. The number of carboxylic acids is 1. The molecule has 0 bridgehead atoms. The van der Waals surface area contributed by atoms with Crippen molar-refractivity contribution in [1.82, 2.24) is 4.90 Å². The van der Waals surface area contributed by atoms with Crippen molar-refractivity contribution in [2.45, 2.75) is 25.2 Å². The monoisotopic (exact) mass is 353 g/mol.